The van der Waals surface area contributed by atoms with Gasteiger partial charge < -0.3 is 26.0 Å². The molecule has 0 radical (unpaired) electrons. The molecule has 4 N–H and O–H groups in total. The molecule has 9 heteroatoms. The molecule has 4 rings (SSSR count). The average Bonchev–Trinajstić information content (AvgIpc) is 2.92. The maximum Gasteiger partial charge on any atom is 0.410 e. The van der Waals surface area contributed by atoms with Gasteiger partial charge in [0, 0.05) is 49.9 Å². The van der Waals surface area contributed by atoms with Crippen molar-refractivity contribution in [2.75, 3.05) is 23.7 Å². The molecule has 1 unspecified atom stereocenters. The number of benzene rings is 2. The Labute approximate surface area is 235 Å². The summed E-state index contributed by atoms with van der Waals surface area (Å²) in [5.41, 5.74) is 8.64. The molecule has 1 aliphatic heterocycles. The summed E-state index contributed by atoms with van der Waals surface area (Å²) >= 11 is 0. The van der Waals surface area contributed by atoms with E-state index in [0.717, 1.165) is 29.7 Å². The van der Waals surface area contributed by atoms with Crippen LogP contribution in [-0.2, 0) is 22.5 Å². The fraction of sp³-hybridized carbons (Fsp3) is 0.355. The van der Waals surface area contributed by atoms with Crippen molar-refractivity contribution in [3.05, 3.63) is 83.6 Å². The Hall–Kier alpha value is -4.40. The molecule has 1 fully saturated rings. The van der Waals surface area contributed by atoms with E-state index in [1.54, 1.807) is 11.0 Å². The third-order valence-electron chi connectivity index (χ3n) is 6.63. The Morgan fingerprint density at radius 1 is 1.05 bits per heavy atom. The van der Waals surface area contributed by atoms with Gasteiger partial charge in [0.05, 0.1) is 11.3 Å². The lowest BCUT2D eigenvalue weighted by molar-refractivity contribution is -0.123. The summed E-state index contributed by atoms with van der Waals surface area (Å²) in [7, 11) is 0. The molecule has 1 saturated heterocycles. The highest BCUT2D eigenvalue weighted by molar-refractivity contribution is 5.98. The molecule has 40 heavy (non-hydrogen) atoms. The summed E-state index contributed by atoms with van der Waals surface area (Å²) in [6, 6.07) is 19.2. The van der Waals surface area contributed by atoms with Crippen molar-refractivity contribution in [3.63, 3.8) is 0 Å². The zero-order chi connectivity index (χ0) is 28.7. The number of ketones is 1. The number of rotatable bonds is 9. The monoisotopic (exact) mass is 543 g/mol. The second-order valence-electron chi connectivity index (χ2n) is 11.0. The quantitative estimate of drug-likeness (QED) is 0.334. The van der Waals surface area contributed by atoms with E-state index in [1.165, 1.54) is 6.20 Å². The van der Waals surface area contributed by atoms with Crippen molar-refractivity contribution in [1.82, 2.24) is 9.88 Å². The number of anilines is 3. The van der Waals surface area contributed by atoms with E-state index in [-0.39, 0.29) is 17.8 Å². The van der Waals surface area contributed by atoms with Crippen LogP contribution >= 0.6 is 0 Å². The van der Waals surface area contributed by atoms with E-state index in [2.05, 4.69) is 15.6 Å². The van der Waals surface area contributed by atoms with E-state index >= 15 is 0 Å². The summed E-state index contributed by atoms with van der Waals surface area (Å²) in [6.07, 6.45) is 2.94. The van der Waals surface area contributed by atoms with Gasteiger partial charge in [0.25, 0.3) is 5.91 Å². The van der Waals surface area contributed by atoms with Crippen molar-refractivity contribution >= 4 is 35.0 Å². The van der Waals surface area contributed by atoms with Gasteiger partial charge in [-0.2, -0.15) is 0 Å². The van der Waals surface area contributed by atoms with Crippen LogP contribution in [-0.4, -0.2) is 46.4 Å². The zero-order valence-corrected chi connectivity index (χ0v) is 23.3. The van der Waals surface area contributed by atoms with Crippen molar-refractivity contribution in [1.29, 1.82) is 0 Å². The lowest BCUT2D eigenvalue weighted by atomic mass is 9.90. The zero-order valence-electron chi connectivity index (χ0n) is 23.3. The smallest absolute Gasteiger partial charge is 0.410 e. The lowest BCUT2D eigenvalue weighted by Gasteiger charge is -2.33. The maximum absolute atomic E-state index is 13.0. The fourth-order valence-corrected chi connectivity index (χ4v) is 4.59. The predicted molar refractivity (Wildman–Crippen MR) is 155 cm³/mol. The van der Waals surface area contributed by atoms with E-state index in [9.17, 15) is 14.4 Å². The molecule has 0 spiro atoms. The Morgan fingerprint density at radius 3 is 2.45 bits per heavy atom. The number of piperidine rings is 1. The number of Topliss-reactive ketones (excluding diaryl/α,β-unsaturated/α-hetero) is 1. The largest absolute Gasteiger partial charge is 0.444 e. The summed E-state index contributed by atoms with van der Waals surface area (Å²) in [4.78, 5) is 43.4. The molecule has 210 valence electrons. The number of aromatic nitrogens is 1. The van der Waals surface area contributed by atoms with E-state index in [4.69, 9.17) is 10.5 Å². The molecule has 1 aromatic heterocycles. The molecule has 0 bridgehead atoms. The Morgan fingerprint density at radius 2 is 1.77 bits per heavy atom. The van der Waals surface area contributed by atoms with E-state index in [0.29, 0.717) is 43.1 Å². The van der Waals surface area contributed by atoms with Crippen molar-refractivity contribution < 1.29 is 19.1 Å². The van der Waals surface area contributed by atoms with Crippen molar-refractivity contribution in [2.24, 2.45) is 11.7 Å². The highest BCUT2D eigenvalue weighted by Gasteiger charge is 2.30. The molecule has 1 atom stereocenters. The molecule has 3 aromatic rings. The first-order valence-corrected chi connectivity index (χ1v) is 13.5. The number of ether oxygens (including phenoxy) is 1. The van der Waals surface area contributed by atoms with Crippen LogP contribution in [0.5, 0.6) is 0 Å². The third-order valence-corrected chi connectivity index (χ3v) is 6.63. The summed E-state index contributed by atoms with van der Waals surface area (Å²) in [5.74, 6) is -0.0923. The number of hydrogen-bond donors (Lipinski definition) is 3. The number of carbonyl (C=O) groups is 3. The Bertz CT molecular complexity index is 1340. The number of likely N-dealkylation sites (tertiary alicyclic amines) is 1. The Kier molecular flexibility index (Phi) is 9.04. The SMILES string of the molecule is CC(C)(C)OC(=O)N1CCCC(C(=O)Cc2ccc(Nc3cc(NCc4ccccc4)c(C(N)=O)cn3)cc2)C1. The number of amides is 2. The standard InChI is InChI=1S/C31H37N5O4/c1-31(2,3)40-30(39)36-15-7-10-23(20-36)27(37)16-21-11-13-24(14-12-21)35-28-17-26(25(19-34-28)29(32)38)33-18-22-8-5-4-6-9-22/h4-6,8-9,11-14,17,19,23H,7,10,15-16,18,20H2,1-3H3,(H2,32,38)(H2,33,34,35). The van der Waals surface area contributed by atoms with Gasteiger partial charge in [-0.3, -0.25) is 9.59 Å². The highest BCUT2D eigenvalue weighted by atomic mass is 16.6. The normalized spacial score (nSPS) is 15.3. The van der Waals surface area contributed by atoms with Crippen LogP contribution < -0.4 is 16.4 Å². The number of hydrogen-bond acceptors (Lipinski definition) is 7. The predicted octanol–water partition coefficient (Wildman–Crippen LogP) is 5.29. The minimum atomic E-state index is -0.566. The van der Waals surface area contributed by atoms with Crippen molar-refractivity contribution in [3.8, 4) is 0 Å². The minimum absolute atomic E-state index is 0.117. The summed E-state index contributed by atoms with van der Waals surface area (Å²) in [5, 5.41) is 6.51. The minimum Gasteiger partial charge on any atom is -0.444 e. The van der Waals surface area contributed by atoms with Crippen LogP contribution in [0.1, 0.15) is 55.1 Å². The molecular weight excluding hydrogens is 506 g/mol. The van der Waals surface area contributed by atoms with Crippen LogP contribution in [0.3, 0.4) is 0 Å². The number of nitrogens with zero attached hydrogens (tertiary/aromatic N) is 2. The second-order valence-corrected chi connectivity index (χ2v) is 11.0. The molecular formula is C31H37N5O4. The third kappa shape index (κ3) is 8.05. The van der Waals surface area contributed by atoms with Crippen LogP contribution in [0.2, 0.25) is 0 Å². The van der Waals surface area contributed by atoms with Gasteiger partial charge in [0.2, 0.25) is 0 Å². The average molecular weight is 544 g/mol. The fourth-order valence-electron chi connectivity index (χ4n) is 4.59. The van der Waals surface area contributed by atoms with Crippen LogP contribution in [0.25, 0.3) is 0 Å². The number of pyridine rings is 1. The summed E-state index contributed by atoms with van der Waals surface area (Å²) in [6.45, 7) is 7.04. The number of nitrogens with one attached hydrogen (secondary N) is 2. The maximum atomic E-state index is 13.0. The second kappa shape index (κ2) is 12.6. The van der Waals surface area contributed by atoms with Crippen LogP contribution in [0.15, 0.2) is 66.9 Å². The number of carbonyl (C=O) groups excluding carboxylic acids is 3. The van der Waals surface area contributed by atoms with Gasteiger partial charge in [-0.1, -0.05) is 42.5 Å². The number of primary amides is 1. The molecule has 2 aromatic carbocycles. The number of nitrogens with two attached hydrogens (primary N) is 1. The Balaban J connectivity index is 1.36. The van der Waals surface area contributed by atoms with Gasteiger partial charge in [-0.15, -0.1) is 0 Å². The summed E-state index contributed by atoms with van der Waals surface area (Å²) < 4.78 is 5.48. The highest BCUT2D eigenvalue weighted by Crippen LogP contribution is 2.24. The van der Waals surface area contributed by atoms with Gasteiger partial charge in [-0.05, 0) is 56.9 Å². The van der Waals surface area contributed by atoms with Gasteiger partial charge in [0.15, 0.2) is 0 Å². The lowest BCUT2D eigenvalue weighted by Crippen LogP contribution is -2.44. The molecule has 2 amide bonds. The van der Waals surface area contributed by atoms with Gasteiger partial charge >= 0.3 is 6.09 Å². The first-order valence-electron chi connectivity index (χ1n) is 13.5. The molecule has 9 nitrogen and oxygen atoms in total. The molecule has 0 saturated carbocycles. The van der Waals surface area contributed by atoms with E-state index < -0.39 is 11.5 Å². The molecule has 2 heterocycles. The molecule has 0 aliphatic carbocycles. The molecule has 1 aliphatic rings. The van der Waals surface area contributed by atoms with Gasteiger partial charge in [0.1, 0.15) is 17.2 Å². The topological polar surface area (TPSA) is 127 Å². The first kappa shape index (κ1) is 28.6. The van der Waals surface area contributed by atoms with Crippen LogP contribution in [0.4, 0.5) is 22.0 Å². The van der Waals surface area contributed by atoms with Gasteiger partial charge in [-0.25, -0.2) is 9.78 Å². The van der Waals surface area contributed by atoms with E-state index in [1.807, 2.05) is 75.4 Å². The van der Waals surface area contributed by atoms with Crippen molar-refractivity contribution in [2.45, 2.75) is 52.2 Å². The van der Waals surface area contributed by atoms with Crippen LogP contribution in [0, 0.1) is 5.92 Å². The first-order chi connectivity index (χ1) is 19.1.